The third kappa shape index (κ3) is 12.5. The van der Waals surface area contributed by atoms with E-state index in [1.807, 2.05) is 0 Å². The zero-order valence-electron chi connectivity index (χ0n) is 11.1. The van der Waals surface area contributed by atoms with Gasteiger partial charge < -0.3 is 4.74 Å². The molecule has 0 aliphatic heterocycles. The average molecular weight is 293 g/mol. The quantitative estimate of drug-likeness (QED) is 0.349. The molecule has 0 aliphatic rings. The van der Waals surface area contributed by atoms with Crippen LogP contribution in [0.25, 0.3) is 0 Å². The number of halogens is 1. The van der Waals surface area contributed by atoms with E-state index in [9.17, 15) is 0 Å². The maximum atomic E-state index is 5.72. The standard InChI is InChI=1S/C14H29BrO/c1-3-11-14(2)16-13-10-8-6-4-5-7-9-12-15/h14H,3-13H2,1-2H3. The fraction of sp³-hybridized carbons (Fsp3) is 1.00. The van der Waals surface area contributed by atoms with E-state index in [4.69, 9.17) is 4.74 Å². The second-order valence-electron chi connectivity index (χ2n) is 4.63. The van der Waals surface area contributed by atoms with Crippen LogP contribution in [-0.4, -0.2) is 18.0 Å². The smallest absolute Gasteiger partial charge is 0.0546 e. The Labute approximate surface area is 110 Å². The Morgan fingerprint density at radius 3 is 2.06 bits per heavy atom. The molecule has 0 spiro atoms. The number of hydrogen-bond donors (Lipinski definition) is 0. The summed E-state index contributed by atoms with van der Waals surface area (Å²) in [7, 11) is 0. The van der Waals surface area contributed by atoms with Crippen molar-refractivity contribution < 1.29 is 4.74 Å². The molecule has 0 saturated carbocycles. The molecule has 0 rings (SSSR count). The Bertz CT molecular complexity index is 128. The molecule has 16 heavy (non-hydrogen) atoms. The van der Waals surface area contributed by atoms with Crippen LogP contribution in [0.2, 0.25) is 0 Å². The van der Waals surface area contributed by atoms with Gasteiger partial charge in [-0.1, -0.05) is 61.4 Å². The van der Waals surface area contributed by atoms with E-state index in [1.54, 1.807) is 0 Å². The lowest BCUT2D eigenvalue weighted by Gasteiger charge is -2.11. The van der Waals surface area contributed by atoms with Gasteiger partial charge in [-0.3, -0.25) is 0 Å². The van der Waals surface area contributed by atoms with E-state index >= 15 is 0 Å². The fourth-order valence-electron chi connectivity index (χ4n) is 1.85. The molecule has 0 fully saturated rings. The van der Waals surface area contributed by atoms with E-state index in [2.05, 4.69) is 29.8 Å². The molecule has 0 heterocycles. The molecule has 0 N–H and O–H groups in total. The summed E-state index contributed by atoms with van der Waals surface area (Å²) in [5.74, 6) is 0. The lowest BCUT2D eigenvalue weighted by Crippen LogP contribution is -2.08. The molecule has 0 aromatic rings. The van der Waals surface area contributed by atoms with Crippen LogP contribution < -0.4 is 0 Å². The molecule has 0 bridgehead atoms. The van der Waals surface area contributed by atoms with Gasteiger partial charge in [0.25, 0.3) is 0 Å². The summed E-state index contributed by atoms with van der Waals surface area (Å²) in [5, 5.41) is 1.16. The van der Waals surface area contributed by atoms with Gasteiger partial charge in [0.15, 0.2) is 0 Å². The zero-order valence-corrected chi connectivity index (χ0v) is 12.7. The van der Waals surface area contributed by atoms with Gasteiger partial charge >= 0.3 is 0 Å². The Balaban J connectivity index is 2.98. The van der Waals surface area contributed by atoms with E-state index in [0.717, 1.165) is 11.9 Å². The lowest BCUT2D eigenvalue weighted by atomic mass is 10.1. The highest BCUT2D eigenvalue weighted by molar-refractivity contribution is 9.09. The van der Waals surface area contributed by atoms with Crippen LogP contribution in [0.3, 0.4) is 0 Å². The monoisotopic (exact) mass is 292 g/mol. The summed E-state index contributed by atoms with van der Waals surface area (Å²) in [6.07, 6.45) is 12.4. The van der Waals surface area contributed by atoms with Crippen molar-refractivity contribution in [3.8, 4) is 0 Å². The molecule has 0 aromatic heterocycles. The molecular formula is C14H29BrO. The van der Waals surface area contributed by atoms with Gasteiger partial charge in [-0.05, 0) is 26.2 Å². The molecule has 0 amide bonds. The lowest BCUT2D eigenvalue weighted by molar-refractivity contribution is 0.0570. The van der Waals surface area contributed by atoms with Crippen LogP contribution in [0.15, 0.2) is 0 Å². The molecule has 2 heteroatoms. The second kappa shape index (κ2) is 13.5. The Morgan fingerprint density at radius 2 is 1.50 bits per heavy atom. The van der Waals surface area contributed by atoms with E-state index in [-0.39, 0.29) is 0 Å². The van der Waals surface area contributed by atoms with Gasteiger partial charge in [-0.25, -0.2) is 0 Å². The van der Waals surface area contributed by atoms with Crippen LogP contribution in [-0.2, 0) is 4.74 Å². The minimum atomic E-state index is 0.462. The summed E-state index contributed by atoms with van der Waals surface area (Å²) in [5.41, 5.74) is 0. The van der Waals surface area contributed by atoms with E-state index in [0.29, 0.717) is 6.10 Å². The predicted octanol–water partition coefficient (Wildman–Crippen LogP) is 5.32. The number of hydrogen-bond acceptors (Lipinski definition) is 1. The van der Waals surface area contributed by atoms with Crippen molar-refractivity contribution in [1.29, 1.82) is 0 Å². The van der Waals surface area contributed by atoms with Crippen LogP contribution in [0.4, 0.5) is 0 Å². The van der Waals surface area contributed by atoms with Crippen molar-refractivity contribution in [2.45, 2.75) is 77.7 Å². The molecule has 0 radical (unpaired) electrons. The maximum Gasteiger partial charge on any atom is 0.0546 e. The number of unbranched alkanes of at least 4 members (excludes halogenated alkanes) is 6. The van der Waals surface area contributed by atoms with Crippen LogP contribution in [0.1, 0.15) is 71.6 Å². The Morgan fingerprint density at radius 1 is 0.938 bits per heavy atom. The van der Waals surface area contributed by atoms with Crippen molar-refractivity contribution in [1.82, 2.24) is 0 Å². The van der Waals surface area contributed by atoms with E-state index < -0.39 is 0 Å². The first-order valence-electron chi connectivity index (χ1n) is 6.98. The van der Waals surface area contributed by atoms with Gasteiger partial charge in [-0.2, -0.15) is 0 Å². The van der Waals surface area contributed by atoms with Crippen molar-refractivity contribution >= 4 is 15.9 Å². The van der Waals surface area contributed by atoms with Crippen LogP contribution in [0.5, 0.6) is 0 Å². The zero-order chi connectivity index (χ0) is 12.1. The molecule has 0 aromatic carbocycles. The third-order valence-electron chi connectivity index (χ3n) is 2.88. The first-order valence-corrected chi connectivity index (χ1v) is 8.11. The second-order valence-corrected chi connectivity index (χ2v) is 5.43. The minimum Gasteiger partial charge on any atom is -0.379 e. The van der Waals surface area contributed by atoms with Crippen molar-refractivity contribution in [3.63, 3.8) is 0 Å². The van der Waals surface area contributed by atoms with Crippen LogP contribution in [0, 0.1) is 0 Å². The van der Waals surface area contributed by atoms with Crippen molar-refractivity contribution in [2.75, 3.05) is 11.9 Å². The highest BCUT2D eigenvalue weighted by Gasteiger charge is 1.99. The van der Waals surface area contributed by atoms with Gasteiger partial charge in [0, 0.05) is 11.9 Å². The number of rotatable bonds is 12. The first-order chi connectivity index (χ1) is 7.81. The highest BCUT2D eigenvalue weighted by Crippen LogP contribution is 2.09. The molecular weight excluding hydrogens is 264 g/mol. The Kier molecular flexibility index (Phi) is 13.9. The fourth-order valence-corrected chi connectivity index (χ4v) is 2.25. The largest absolute Gasteiger partial charge is 0.379 e. The van der Waals surface area contributed by atoms with Crippen molar-refractivity contribution in [3.05, 3.63) is 0 Å². The highest BCUT2D eigenvalue weighted by atomic mass is 79.9. The molecule has 98 valence electrons. The maximum absolute atomic E-state index is 5.72. The third-order valence-corrected chi connectivity index (χ3v) is 3.44. The minimum absolute atomic E-state index is 0.462. The summed E-state index contributed by atoms with van der Waals surface area (Å²) < 4.78 is 5.72. The Hall–Kier alpha value is 0.440. The SMILES string of the molecule is CCCC(C)OCCCCCCCCCBr. The summed E-state index contributed by atoms with van der Waals surface area (Å²) in [4.78, 5) is 0. The van der Waals surface area contributed by atoms with Gasteiger partial charge in [-0.15, -0.1) is 0 Å². The molecule has 0 saturated heterocycles. The van der Waals surface area contributed by atoms with Gasteiger partial charge in [0.05, 0.1) is 6.10 Å². The van der Waals surface area contributed by atoms with Gasteiger partial charge in [0.1, 0.15) is 0 Å². The number of alkyl halides is 1. The topological polar surface area (TPSA) is 9.23 Å². The van der Waals surface area contributed by atoms with Crippen LogP contribution >= 0.6 is 15.9 Å². The average Bonchev–Trinajstić information content (AvgIpc) is 2.27. The van der Waals surface area contributed by atoms with Gasteiger partial charge in [0.2, 0.25) is 0 Å². The number of ether oxygens (including phenoxy) is 1. The van der Waals surface area contributed by atoms with E-state index in [1.165, 1.54) is 57.8 Å². The van der Waals surface area contributed by atoms with Crippen molar-refractivity contribution in [2.24, 2.45) is 0 Å². The molecule has 0 aliphatic carbocycles. The molecule has 1 unspecified atom stereocenters. The summed E-state index contributed by atoms with van der Waals surface area (Å²) in [6, 6.07) is 0. The normalized spacial score (nSPS) is 12.9. The molecule has 1 nitrogen and oxygen atoms in total. The molecule has 1 atom stereocenters. The summed E-state index contributed by atoms with van der Waals surface area (Å²) in [6.45, 7) is 5.36. The first kappa shape index (κ1) is 16.4. The predicted molar refractivity (Wildman–Crippen MR) is 76.4 cm³/mol. The summed E-state index contributed by atoms with van der Waals surface area (Å²) >= 11 is 3.46.